The van der Waals surface area contributed by atoms with Crippen LogP contribution in [0.5, 0.6) is 0 Å². The Balaban J connectivity index is 2.84. The third-order valence-electron chi connectivity index (χ3n) is 4.24. The van der Waals surface area contributed by atoms with Crippen molar-refractivity contribution in [2.45, 2.75) is 53.9 Å². The molecule has 1 aliphatic carbocycles. The minimum Gasteiger partial charge on any atom is -0.295 e. The van der Waals surface area contributed by atoms with E-state index in [1.807, 2.05) is 13.0 Å². The molecule has 0 saturated carbocycles. The molecule has 1 aliphatic rings. The second kappa shape index (κ2) is 8.07. The molecule has 0 unspecified atom stereocenters. The highest BCUT2D eigenvalue weighted by Crippen LogP contribution is 2.40. The minimum absolute atomic E-state index is 0.233. The van der Waals surface area contributed by atoms with Crippen LogP contribution >= 0.6 is 0 Å². The topological polar surface area (TPSA) is 17.1 Å². The maximum absolute atomic E-state index is 13.0. The van der Waals surface area contributed by atoms with Crippen molar-refractivity contribution in [2.24, 2.45) is 5.41 Å². The van der Waals surface area contributed by atoms with E-state index in [0.717, 1.165) is 5.57 Å². The number of allylic oxidation sites excluding steroid dienone is 10. The van der Waals surface area contributed by atoms with Crippen molar-refractivity contribution in [3.8, 4) is 0 Å². The van der Waals surface area contributed by atoms with Crippen LogP contribution in [-0.2, 0) is 4.79 Å². The Morgan fingerprint density at radius 3 is 2.50 bits per heavy atom. The number of carbonyl (C=O) groups is 1. The average Bonchev–Trinajstić information content (AvgIpc) is 2.45. The largest absolute Gasteiger partial charge is 0.295 e. The van der Waals surface area contributed by atoms with Crippen molar-refractivity contribution in [1.82, 2.24) is 0 Å². The molecule has 0 atom stereocenters. The first-order chi connectivity index (χ1) is 10.3. The molecule has 0 aliphatic heterocycles. The van der Waals surface area contributed by atoms with Crippen LogP contribution in [0, 0.1) is 5.41 Å². The molecule has 0 fully saturated rings. The van der Waals surface area contributed by atoms with Crippen molar-refractivity contribution >= 4 is 6.29 Å². The minimum atomic E-state index is -0.720. The molecule has 1 rings (SSSR count). The monoisotopic (exact) mass is 302 g/mol. The second-order valence-electron chi connectivity index (χ2n) is 6.68. The molecule has 0 aromatic heterocycles. The Hall–Kier alpha value is -1.70. The van der Waals surface area contributed by atoms with Gasteiger partial charge in [-0.1, -0.05) is 55.4 Å². The SMILES string of the molecule is CC1=C(/C=C/C(C)=C\C=C\C(C)=C(\F)C=O)C(C)(C)CCC1. The molecule has 120 valence electrons. The lowest BCUT2D eigenvalue weighted by molar-refractivity contribution is -0.106. The van der Waals surface area contributed by atoms with Gasteiger partial charge in [-0.25, -0.2) is 4.39 Å². The van der Waals surface area contributed by atoms with Crippen LogP contribution in [0.25, 0.3) is 0 Å². The summed E-state index contributed by atoms with van der Waals surface area (Å²) in [6.45, 7) is 10.4. The van der Waals surface area contributed by atoms with Gasteiger partial charge in [-0.2, -0.15) is 0 Å². The quantitative estimate of drug-likeness (QED) is 0.345. The van der Waals surface area contributed by atoms with Gasteiger partial charge in [-0.15, -0.1) is 0 Å². The summed E-state index contributed by atoms with van der Waals surface area (Å²) in [5.41, 5.74) is 4.58. The summed E-state index contributed by atoms with van der Waals surface area (Å²) in [6.07, 6.45) is 13.5. The summed E-state index contributed by atoms with van der Waals surface area (Å²) < 4.78 is 13.0. The highest BCUT2D eigenvalue weighted by molar-refractivity contribution is 5.72. The summed E-state index contributed by atoms with van der Waals surface area (Å²) >= 11 is 0. The van der Waals surface area contributed by atoms with Crippen molar-refractivity contribution in [3.63, 3.8) is 0 Å². The number of carbonyl (C=O) groups excluding carboxylic acids is 1. The van der Waals surface area contributed by atoms with E-state index in [1.54, 1.807) is 19.1 Å². The summed E-state index contributed by atoms with van der Waals surface area (Å²) in [6, 6.07) is 0. The molecular formula is C20H27FO. The van der Waals surface area contributed by atoms with Crippen LogP contribution in [0.3, 0.4) is 0 Å². The Labute approximate surface area is 134 Å². The van der Waals surface area contributed by atoms with Crippen LogP contribution in [-0.4, -0.2) is 6.29 Å². The Morgan fingerprint density at radius 2 is 1.91 bits per heavy atom. The van der Waals surface area contributed by atoms with Crippen LogP contribution in [0.1, 0.15) is 53.9 Å². The van der Waals surface area contributed by atoms with Gasteiger partial charge in [-0.05, 0) is 56.6 Å². The van der Waals surface area contributed by atoms with Gasteiger partial charge in [0, 0.05) is 0 Å². The van der Waals surface area contributed by atoms with E-state index in [0.29, 0.717) is 5.57 Å². The van der Waals surface area contributed by atoms with E-state index in [-0.39, 0.29) is 11.7 Å². The molecule has 0 radical (unpaired) electrons. The lowest BCUT2D eigenvalue weighted by Gasteiger charge is -2.32. The highest BCUT2D eigenvalue weighted by Gasteiger charge is 2.26. The van der Waals surface area contributed by atoms with Gasteiger partial charge in [0.05, 0.1) is 0 Å². The maximum Gasteiger partial charge on any atom is 0.178 e. The van der Waals surface area contributed by atoms with Crippen LogP contribution in [0.2, 0.25) is 0 Å². The van der Waals surface area contributed by atoms with Crippen molar-refractivity contribution in [2.75, 3.05) is 0 Å². The van der Waals surface area contributed by atoms with Gasteiger partial charge < -0.3 is 0 Å². The van der Waals surface area contributed by atoms with E-state index >= 15 is 0 Å². The number of halogens is 1. The molecule has 0 spiro atoms. The lowest BCUT2D eigenvalue weighted by atomic mass is 9.72. The number of hydrogen-bond acceptors (Lipinski definition) is 1. The molecule has 0 aromatic rings. The van der Waals surface area contributed by atoms with E-state index < -0.39 is 5.83 Å². The average molecular weight is 302 g/mol. The van der Waals surface area contributed by atoms with Crippen LogP contribution in [0.15, 0.2) is 58.5 Å². The van der Waals surface area contributed by atoms with Gasteiger partial charge in [0.2, 0.25) is 0 Å². The Kier molecular flexibility index (Phi) is 6.73. The summed E-state index contributed by atoms with van der Waals surface area (Å²) in [5.74, 6) is -0.720. The van der Waals surface area contributed by atoms with E-state index in [1.165, 1.54) is 30.4 Å². The van der Waals surface area contributed by atoms with Crippen molar-refractivity contribution in [3.05, 3.63) is 58.5 Å². The summed E-state index contributed by atoms with van der Waals surface area (Å²) in [4.78, 5) is 10.3. The molecular weight excluding hydrogens is 275 g/mol. The molecule has 0 N–H and O–H groups in total. The van der Waals surface area contributed by atoms with E-state index in [2.05, 4.69) is 32.9 Å². The highest BCUT2D eigenvalue weighted by atomic mass is 19.1. The first-order valence-electron chi connectivity index (χ1n) is 7.83. The third kappa shape index (κ3) is 5.25. The molecule has 0 saturated heterocycles. The Morgan fingerprint density at radius 1 is 1.23 bits per heavy atom. The smallest absolute Gasteiger partial charge is 0.178 e. The van der Waals surface area contributed by atoms with Crippen molar-refractivity contribution in [1.29, 1.82) is 0 Å². The molecule has 0 bridgehead atoms. The number of rotatable bonds is 5. The fourth-order valence-electron chi connectivity index (χ4n) is 2.80. The van der Waals surface area contributed by atoms with Crippen LogP contribution < -0.4 is 0 Å². The number of aldehydes is 1. The summed E-state index contributed by atoms with van der Waals surface area (Å²) in [5, 5.41) is 0. The van der Waals surface area contributed by atoms with Gasteiger partial charge in [0.25, 0.3) is 0 Å². The van der Waals surface area contributed by atoms with E-state index in [9.17, 15) is 9.18 Å². The predicted octanol–water partition coefficient (Wildman–Crippen LogP) is 6.01. The molecule has 0 amide bonds. The fourth-order valence-corrected chi connectivity index (χ4v) is 2.80. The first kappa shape index (κ1) is 18.3. The fraction of sp³-hybridized carbons (Fsp3) is 0.450. The van der Waals surface area contributed by atoms with Crippen LogP contribution in [0.4, 0.5) is 4.39 Å². The maximum atomic E-state index is 13.0. The Bertz CT molecular complexity index is 569. The van der Waals surface area contributed by atoms with Crippen molar-refractivity contribution < 1.29 is 9.18 Å². The normalized spacial score (nSPS) is 20.7. The second-order valence-corrected chi connectivity index (χ2v) is 6.68. The zero-order valence-corrected chi connectivity index (χ0v) is 14.4. The standard InChI is InChI=1S/C20H27FO/c1-15(8-6-9-17(3)19(21)14-22)11-12-18-16(2)10-7-13-20(18,4)5/h6,8-9,11-12,14H,7,10,13H2,1-5H3/b9-6+,12-11+,15-8-,19-17+. The van der Waals surface area contributed by atoms with Gasteiger partial charge in [0.1, 0.15) is 0 Å². The molecule has 0 heterocycles. The van der Waals surface area contributed by atoms with Gasteiger partial charge in [0.15, 0.2) is 12.1 Å². The molecule has 0 aromatic carbocycles. The first-order valence-corrected chi connectivity index (χ1v) is 7.83. The summed E-state index contributed by atoms with van der Waals surface area (Å²) in [7, 11) is 0. The molecule has 1 nitrogen and oxygen atoms in total. The third-order valence-corrected chi connectivity index (χ3v) is 4.24. The zero-order chi connectivity index (χ0) is 16.8. The molecule has 2 heteroatoms. The molecule has 22 heavy (non-hydrogen) atoms. The van der Waals surface area contributed by atoms with Gasteiger partial charge in [-0.3, -0.25) is 4.79 Å². The van der Waals surface area contributed by atoms with E-state index in [4.69, 9.17) is 0 Å². The number of hydrogen-bond donors (Lipinski definition) is 0. The predicted molar refractivity (Wildman–Crippen MR) is 92.2 cm³/mol. The zero-order valence-electron chi connectivity index (χ0n) is 14.4. The lowest BCUT2D eigenvalue weighted by Crippen LogP contribution is -2.19. The van der Waals surface area contributed by atoms with Gasteiger partial charge >= 0.3 is 0 Å².